The molecule has 0 bridgehead atoms. The Bertz CT molecular complexity index is 245. The van der Waals surface area contributed by atoms with Crippen molar-refractivity contribution in [2.75, 3.05) is 19.4 Å². The summed E-state index contributed by atoms with van der Waals surface area (Å²) in [5.41, 5.74) is -0.443. The van der Waals surface area contributed by atoms with Crippen molar-refractivity contribution >= 4 is 17.9 Å². The Morgan fingerprint density at radius 3 is 2.65 bits per heavy atom. The number of thioether (sulfide) groups is 1. The van der Waals surface area contributed by atoms with E-state index in [1.54, 1.807) is 0 Å². The molecule has 1 aliphatic rings. The minimum absolute atomic E-state index is 0.130. The van der Waals surface area contributed by atoms with Crippen LogP contribution in [0.2, 0.25) is 0 Å². The molecule has 1 saturated heterocycles. The summed E-state index contributed by atoms with van der Waals surface area (Å²) in [7, 11) is 0. The number of nitrogens with one attached hydrogen (secondary N) is 1. The lowest BCUT2D eigenvalue weighted by atomic mass is 10.1. The number of ether oxygens (including phenoxy) is 2. The van der Waals surface area contributed by atoms with Crippen LogP contribution in [0.1, 0.15) is 33.6 Å². The van der Waals surface area contributed by atoms with Gasteiger partial charge in [-0.25, -0.2) is 4.79 Å². The number of carbonyl (C=O) groups excluding carboxylic acids is 1. The summed E-state index contributed by atoms with van der Waals surface area (Å²) in [6.07, 6.45) is 4.02. The van der Waals surface area contributed by atoms with E-state index in [1.807, 2.05) is 32.5 Å². The fourth-order valence-electron chi connectivity index (χ4n) is 1.64. The van der Waals surface area contributed by atoms with Gasteiger partial charge in [0.25, 0.3) is 0 Å². The Kier molecular flexibility index (Phi) is 5.59. The molecule has 0 aromatic rings. The molecule has 1 rings (SSSR count). The van der Waals surface area contributed by atoms with Gasteiger partial charge >= 0.3 is 6.09 Å². The van der Waals surface area contributed by atoms with Gasteiger partial charge in [0.05, 0.1) is 12.7 Å². The van der Waals surface area contributed by atoms with Gasteiger partial charge in [-0.2, -0.15) is 11.8 Å². The molecule has 1 heterocycles. The number of carbonyl (C=O) groups is 1. The monoisotopic (exact) mass is 261 g/mol. The molecule has 100 valence electrons. The van der Waals surface area contributed by atoms with Crippen molar-refractivity contribution in [1.82, 2.24) is 5.32 Å². The molecule has 2 unspecified atom stereocenters. The fourth-order valence-corrected chi connectivity index (χ4v) is 2.23. The van der Waals surface area contributed by atoms with Gasteiger partial charge in [0.1, 0.15) is 5.60 Å². The summed E-state index contributed by atoms with van der Waals surface area (Å²) in [5, 5.41) is 3.35. The molecule has 2 atom stereocenters. The zero-order chi connectivity index (χ0) is 12.9. The average molecular weight is 261 g/mol. The highest BCUT2D eigenvalue weighted by Gasteiger charge is 2.22. The number of hydrogen-bond donors (Lipinski definition) is 1. The Morgan fingerprint density at radius 1 is 1.47 bits per heavy atom. The Labute approximate surface area is 108 Å². The van der Waals surface area contributed by atoms with Crippen LogP contribution < -0.4 is 5.32 Å². The molecule has 1 fully saturated rings. The van der Waals surface area contributed by atoms with E-state index in [9.17, 15) is 4.79 Å². The molecule has 0 radical (unpaired) electrons. The van der Waals surface area contributed by atoms with Gasteiger partial charge in [-0.3, -0.25) is 0 Å². The van der Waals surface area contributed by atoms with E-state index in [0.717, 1.165) is 19.4 Å². The van der Waals surface area contributed by atoms with Crippen molar-refractivity contribution in [2.45, 2.75) is 50.6 Å². The maximum absolute atomic E-state index is 11.4. The predicted molar refractivity (Wildman–Crippen MR) is 70.5 cm³/mol. The average Bonchev–Trinajstić information content (AvgIpc) is 2.25. The van der Waals surface area contributed by atoms with Gasteiger partial charge < -0.3 is 14.8 Å². The highest BCUT2D eigenvalue weighted by atomic mass is 32.2. The van der Waals surface area contributed by atoms with Crippen LogP contribution in [0.15, 0.2) is 0 Å². The first kappa shape index (κ1) is 14.6. The molecule has 17 heavy (non-hydrogen) atoms. The summed E-state index contributed by atoms with van der Waals surface area (Å²) < 4.78 is 10.8. The first-order chi connectivity index (χ1) is 7.90. The van der Waals surface area contributed by atoms with E-state index < -0.39 is 5.60 Å². The second-order valence-corrected chi connectivity index (χ2v) is 6.41. The van der Waals surface area contributed by atoms with Crippen LogP contribution in [-0.4, -0.2) is 42.5 Å². The van der Waals surface area contributed by atoms with Crippen LogP contribution in [0.25, 0.3) is 0 Å². The van der Waals surface area contributed by atoms with Gasteiger partial charge in [0.15, 0.2) is 0 Å². The van der Waals surface area contributed by atoms with Crippen molar-refractivity contribution < 1.29 is 14.3 Å². The number of rotatable bonds is 3. The topological polar surface area (TPSA) is 47.6 Å². The third kappa shape index (κ3) is 6.17. The zero-order valence-electron chi connectivity index (χ0n) is 11.1. The van der Waals surface area contributed by atoms with Crippen molar-refractivity contribution in [3.8, 4) is 0 Å². The van der Waals surface area contributed by atoms with Gasteiger partial charge in [-0.1, -0.05) is 0 Å². The van der Waals surface area contributed by atoms with E-state index in [-0.39, 0.29) is 12.2 Å². The van der Waals surface area contributed by atoms with E-state index >= 15 is 0 Å². The minimum Gasteiger partial charge on any atom is -0.444 e. The smallest absolute Gasteiger partial charge is 0.407 e. The van der Waals surface area contributed by atoms with Crippen molar-refractivity contribution in [3.63, 3.8) is 0 Å². The van der Waals surface area contributed by atoms with Gasteiger partial charge in [0, 0.05) is 11.8 Å². The minimum atomic E-state index is -0.443. The lowest BCUT2D eigenvalue weighted by molar-refractivity contribution is 0.0139. The van der Waals surface area contributed by atoms with Crippen LogP contribution in [0.3, 0.4) is 0 Å². The molecule has 0 saturated carbocycles. The molecule has 5 heteroatoms. The summed E-state index contributed by atoms with van der Waals surface area (Å²) in [6, 6.07) is 0. The molecule has 1 amide bonds. The second kappa shape index (κ2) is 6.50. The maximum Gasteiger partial charge on any atom is 0.407 e. The van der Waals surface area contributed by atoms with Crippen LogP contribution in [0, 0.1) is 0 Å². The second-order valence-electron chi connectivity index (χ2n) is 5.27. The lowest BCUT2D eigenvalue weighted by Gasteiger charge is -2.28. The number of amides is 1. The van der Waals surface area contributed by atoms with E-state index in [1.165, 1.54) is 0 Å². The highest BCUT2D eigenvalue weighted by Crippen LogP contribution is 2.21. The van der Waals surface area contributed by atoms with Gasteiger partial charge in [0.2, 0.25) is 0 Å². The van der Waals surface area contributed by atoms with E-state index in [2.05, 4.69) is 11.6 Å². The first-order valence-corrected chi connectivity index (χ1v) is 7.31. The molecule has 0 aromatic carbocycles. The molecule has 0 aliphatic carbocycles. The Hall–Kier alpha value is -0.420. The SMILES string of the molecule is CSC1CCC(CNC(=O)OC(C)(C)C)OC1. The molecular formula is C12H23NO3S. The van der Waals surface area contributed by atoms with Crippen molar-refractivity contribution in [2.24, 2.45) is 0 Å². The molecular weight excluding hydrogens is 238 g/mol. The Morgan fingerprint density at radius 2 is 2.18 bits per heavy atom. The van der Waals surface area contributed by atoms with Crippen LogP contribution >= 0.6 is 11.8 Å². The van der Waals surface area contributed by atoms with Crippen LogP contribution in [0.5, 0.6) is 0 Å². The summed E-state index contributed by atoms with van der Waals surface area (Å²) >= 11 is 1.84. The molecule has 1 aliphatic heterocycles. The summed E-state index contributed by atoms with van der Waals surface area (Å²) in [4.78, 5) is 11.4. The Balaban J connectivity index is 2.17. The van der Waals surface area contributed by atoms with Crippen LogP contribution in [-0.2, 0) is 9.47 Å². The molecule has 0 aromatic heterocycles. The standard InChI is InChI=1S/C12H23NO3S/c1-12(2,3)16-11(14)13-7-9-5-6-10(17-4)8-15-9/h9-10H,5-8H2,1-4H3,(H,13,14). The third-order valence-corrected chi connectivity index (χ3v) is 3.57. The van der Waals surface area contributed by atoms with Gasteiger partial charge in [-0.15, -0.1) is 0 Å². The maximum atomic E-state index is 11.4. The lowest BCUT2D eigenvalue weighted by Crippen LogP contribution is -2.40. The molecule has 0 spiro atoms. The van der Waals surface area contributed by atoms with Crippen LogP contribution in [0.4, 0.5) is 4.79 Å². The van der Waals surface area contributed by atoms with Gasteiger partial charge in [-0.05, 0) is 39.9 Å². The summed E-state index contributed by atoms with van der Waals surface area (Å²) in [5.74, 6) is 0. The van der Waals surface area contributed by atoms with E-state index in [0.29, 0.717) is 11.8 Å². The summed E-state index contributed by atoms with van der Waals surface area (Å²) in [6.45, 7) is 6.88. The fraction of sp³-hybridized carbons (Fsp3) is 0.917. The first-order valence-electron chi connectivity index (χ1n) is 6.02. The number of hydrogen-bond acceptors (Lipinski definition) is 4. The largest absolute Gasteiger partial charge is 0.444 e. The molecule has 1 N–H and O–H groups in total. The van der Waals surface area contributed by atoms with Crippen molar-refractivity contribution in [3.05, 3.63) is 0 Å². The highest BCUT2D eigenvalue weighted by molar-refractivity contribution is 7.99. The number of alkyl carbamates (subject to hydrolysis) is 1. The third-order valence-electron chi connectivity index (χ3n) is 2.53. The zero-order valence-corrected chi connectivity index (χ0v) is 11.9. The van der Waals surface area contributed by atoms with Crippen molar-refractivity contribution in [1.29, 1.82) is 0 Å². The normalized spacial score (nSPS) is 25.4. The van der Waals surface area contributed by atoms with E-state index in [4.69, 9.17) is 9.47 Å². The predicted octanol–water partition coefficient (Wildman–Crippen LogP) is 2.42. The molecule has 4 nitrogen and oxygen atoms in total. The quantitative estimate of drug-likeness (QED) is 0.847.